The van der Waals surface area contributed by atoms with Crippen LogP contribution in [0.25, 0.3) is 0 Å². The van der Waals surface area contributed by atoms with Crippen LogP contribution in [-0.4, -0.2) is 55.7 Å². The molecule has 0 radical (unpaired) electrons. The minimum atomic E-state index is -2.08. The number of pyridine rings is 1. The third-order valence-electron chi connectivity index (χ3n) is 5.38. The van der Waals surface area contributed by atoms with Crippen molar-refractivity contribution in [3.05, 3.63) is 23.5 Å². The molecule has 0 amide bonds. The van der Waals surface area contributed by atoms with Crippen molar-refractivity contribution in [1.82, 2.24) is 9.88 Å². The number of halogens is 1. The molecule has 1 aromatic heterocycles. The molecule has 0 atom stereocenters. The van der Waals surface area contributed by atoms with Gasteiger partial charge >= 0.3 is 0 Å². The Balaban J connectivity index is 1.74. The van der Waals surface area contributed by atoms with Crippen molar-refractivity contribution >= 4 is 25.6 Å². The Hall–Kier alpha value is -0.623. The Morgan fingerprint density at radius 2 is 1.87 bits per heavy atom. The maximum Gasteiger partial charge on any atom is 0.188 e. The fourth-order valence-corrected chi connectivity index (χ4v) is 3.74. The van der Waals surface area contributed by atoms with Gasteiger partial charge in [-0.3, -0.25) is 4.90 Å². The van der Waals surface area contributed by atoms with Crippen LogP contribution in [0.1, 0.15) is 26.7 Å². The number of piperazine rings is 1. The molecule has 0 bridgehead atoms. The standard InChI is InChI=1S/C17H30ClN3OSi/c1-17(2,23(3,4)22)8-5-9-20-10-12-21(13-11-20)15-6-7-16(18)19-14-15/h6-7,14,22H,5,8-13H2,1-4H3. The fraction of sp³-hybridized carbons (Fsp3) is 0.706. The quantitative estimate of drug-likeness (QED) is 0.625. The molecule has 0 spiro atoms. The van der Waals surface area contributed by atoms with E-state index in [2.05, 4.69) is 28.6 Å². The van der Waals surface area contributed by atoms with E-state index in [9.17, 15) is 4.80 Å². The average molecular weight is 356 g/mol. The number of hydrogen-bond donors (Lipinski definition) is 1. The topological polar surface area (TPSA) is 39.6 Å². The zero-order valence-electron chi connectivity index (χ0n) is 14.8. The van der Waals surface area contributed by atoms with Crippen LogP contribution in [-0.2, 0) is 0 Å². The summed E-state index contributed by atoms with van der Waals surface area (Å²) in [5.74, 6) is 0. The largest absolute Gasteiger partial charge is 0.432 e. The summed E-state index contributed by atoms with van der Waals surface area (Å²) in [5, 5.41) is 0.634. The first kappa shape index (κ1) is 18.7. The van der Waals surface area contributed by atoms with E-state index in [0.29, 0.717) is 5.15 Å². The molecule has 1 saturated heterocycles. The summed E-state index contributed by atoms with van der Waals surface area (Å²) >= 11 is 5.85. The van der Waals surface area contributed by atoms with Crippen molar-refractivity contribution in [1.29, 1.82) is 0 Å². The minimum Gasteiger partial charge on any atom is -0.432 e. The van der Waals surface area contributed by atoms with E-state index in [0.717, 1.165) is 51.3 Å². The van der Waals surface area contributed by atoms with Crippen molar-refractivity contribution in [2.75, 3.05) is 37.6 Å². The second-order valence-electron chi connectivity index (χ2n) is 7.71. The molecular weight excluding hydrogens is 326 g/mol. The predicted molar refractivity (Wildman–Crippen MR) is 101 cm³/mol. The molecule has 2 heterocycles. The number of rotatable bonds is 6. The molecule has 2 rings (SSSR count). The van der Waals surface area contributed by atoms with Crippen molar-refractivity contribution < 1.29 is 4.80 Å². The monoisotopic (exact) mass is 355 g/mol. The van der Waals surface area contributed by atoms with E-state index in [1.165, 1.54) is 0 Å². The summed E-state index contributed by atoms with van der Waals surface area (Å²) in [7, 11) is -2.08. The smallest absolute Gasteiger partial charge is 0.188 e. The van der Waals surface area contributed by atoms with Crippen LogP contribution in [0.15, 0.2) is 18.3 Å². The van der Waals surface area contributed by atoms with Crippen LogP contribution in [0, 0.1) is 0 Å². The highest BCUT2D eigenvalue weighted by atomic mass is 35.5. The third kappa shape index (κ3) is 5.18. The Morgan fingerprint density at radius 3 is 2.39 bits per heavy atom. The van der Waals surface area contributed by atoms with Gasteiger partial charge in [0.1, 0.15) is 5.15 Å². The Labute approximate surface area is 146 Å². The first-order valence-corrected chi connectivity index (χ1v) is 11.8. The zero-order valence-corrected chi connectivity index (χ0v) is 16.6. The SMILES string of the molecule is CC(C)(CCCN1CCN(c2ccc(Cl)nc2)CC1)[Si](C)(C)O. The number of anilines is 1. The maximum atomic E-state index is 10.4. The van der Waals surface area contributed by atoms with Crippen LogP contribution in [0.5, 0.6) is 0 Å². The summed E-state index contributed by atoms with van der Waals surface area (Å²) in [4.78, 5) is 19.4. The lowest BCUT2D eigenvalue weighted by Gasteiger charge is -2.38. The van der Waals surface area contributed by atoms with E-state index >= 15 is 0 Å². The van der Waals surface area contributed by atoms with Crippen LogP contribution in [0.3, 0.4) is 0 Å². The lowest BCUT2D eigenvalue weighted by Crippen LogP contribution is -2.47. The molecule has 1 aromatic rings. The van der Waals surface area contributed by atoms with Gasteiger partial charge < -0.3 is 9.70 Å². The second-order valence-corrected chi connectivity index (χ2v) is 12.6. The fourth-order valence-electron chi connectivity index (χ4n) is 2.84. The summed E-state index contributed by atoms with van der Waals surface area (Å²) in [6.07, 6.45) is 4.12. The zero-order chi connectivity index (χ0) is 17.1. The highest BCUT2D eigenvalue weighted by Crippen LogP contribution is 2.39. The highest BCUT2D eigenvalue weighted by molar-refractivity contribution is 6.72. The lowest BCUT2D eigenvalue weighted by molar-refractivity contribution is 0.247. The molecule has 1 fully saturated rings. The molecule has 0 unspecified atom stereocenters. The number of hydrogen-bond acceptors (Lipinski definition) is 4. The average Bonchev–Trinajstić information content (AvgIpc) is 2.47. The third-order valence-corrected chi connectivity index (χ3v) is 9.17. The first-order valence-electron chi connectivity index (χ1n) is 8.50. The van der Waals surface area contributed by atoms with E-state index in [-0.39, 0.29) is 5.04 Å². The molecule has 0 saturated carbocycles. The number of nitrogens with zero attached hydrogens (tertiary/aromatic N) is 3. The molecule has 1 aliphatic rings. The van der Waals surface area contributed by atoms with Gasteiger partial charge in [-0.2, -0.15) is 0 Å². The van der Waals surface area contributed by atoms with Gasteiger partial charge in [0.05, 0.1) is 11.9 Å². The van der Waals surface area contributed by atoms with Crippen molar-refractivity contribution in [2.24, 2.45) is 0 Å². The molecule has 0 aromatic carbocycles. The van der Waals surface area contributed by atoms with Gasteiger partial charge in [0.2, 0.25) is 0 Å². The minimum absolute atomic E-state index is 0.0871. The lowest BCUT2D eigenvalue weighted by atomic mass is 10.1. The van der Waals surface area contributed by atoms with E-state index in [1.54, 1.807) is 0 Å². The molecule has 23 heavy (non-hydrogen) atoms. The second kappa shape index (κ2) is 7.51. The predicted octanol–water partition coefficient (Wildman–Crippen LogP) is 3.61. The van der Waals surface area contributed by atoms with Gasteiger partial charge in [0, 0.05) is 26.2 Å². The molecule has 4 nitrogen and oxygen atoms in total. The van der Waals surface area contributed by atoms with Gasteiger partial charge in [-0.1, -0.05) is 25.4 Å². The van der Waals surface area contributed by atoms with Crippen LogP contribution >= 0.6 is 11.6 Å². The maximum absolute atomic E-state index is 10.4. The van der Waals surface area contributed by atoms with Gasteiger partial charge in [0.15, 0.2) is 8.32 Å². The summed E-state index contributed by atoms with van der Waals surface area (Å²) in [6, 6.07) is 3.90. The van der Waals surface area contributed by atoms with Gasteiger partial charge in [-0.05, 0) is 49.7 Å². The normalized spacial score (nSPS) is 17.6. The molecular formula is C17H30ClN3OSi. The Kier molecular flexibility index (Phi) is 6.11. The molecule has 1 aliphatic heterocycles. The van der Waals surface area contributed by atoms with E-state index in [1.807, 2.05) is 31.4 Å². The molecule has 6 heteroatoms. The van der Waals surface area contributed by atoms with Crippen LogP contribution in [0.4, 0.5) is 5.69 Å². The van der Waals surface area contributed by atoms with Crippen molar-refractivity contribution in [3.8, 4) is 0 Å². The van der Waals surface area contributed by atoms with Crippen LogP contribution in [0.2, 0.25) is 23.3 Å². The van der Waals surface area contributed by atoms with Crippen LogP contribution < -0.4 is 4.90 Å². The van der Waals surface area contributed by atoms with Gasteiger partial charge in [0.25, 0.3) is 0 Å². The Morgan fingerprint density at radius 1 is 1.22 bits per heavy atom. The highest BCUT2D eigenvalue weighted by Gasteiger charge is 2.37. The van der Waals surface area contributed by atoms with E-state index in [4.69, 9.17) is 11.6 Å². The molecule has 0 aliphatic carbocycles. The van der Waals surface area contributed by atoms with Gasteiger partial charge in [-0.25, -0.2) is 4.98 Å². The molecule has 1 N–H and O–H groups in total. The van der Waals surface area contributed by atoms with Crippen molar-refractivity contribution in [3.63, 3.8) is 0 Å². The first-order chi connectivity index (χ1) is 10.7. The van der Waals surface area contributed by atoms with E-state index < -0.39 is 8.32 Å². The van der Waals surface area contributed by atoms with Gasteiger partial charge in [-0.15, -0.1) is 0 Å². The van der Waals surface area contributed by atoms with Crippen molar-refractivity contribution in [2.45, 2.75) is 44.8 Å². The summed E-state index contributed by atoms with van der Waals surface area (Å²) in [5.41, 5.74) is 1.16. The summed E-state index contributed by atoms with van der Waals surface area (Å²) < 4.78 is 0. The number of aromatic nitrogens is 1. The summed E-state index contributed by atoms with van der Waals surface area (Å²) in [6.45, 7) is 13.9. The molecule has 130 valence electrons. The Bertz CT molecular complexity index is 494.